The van der Waals surface area contributed by atoms with Gasteiger partial charge < -0.3 is 10.1 Å². The van der Waals surface area contributed by atoms with Gasteiger partial charge in [-0.3, -0.25) is 4.79 Å². The van der Waals surface area contributed by atoms with E-state index in [0.717, 1.165) is 40.6 Å². The van der Waals surface area contributed by atoms with Crippen LogP contribution in [0.2, 0.25) is 0 Å². The zero-order chi connectivity index (χ0) is 18.5. The monoisotopic (exact) mass is 411 g/mol. The van der Waals surface area contributed by atoms with Crippen LogP contribution in [0.3, 0.4) is 0 Å². The maximum absolute atomic E-state index is 12.3. The molecule has 0 unspecified atom stereocenters. The smallest absolute Gasteiger partial charge is 0.341 e. The lowest BCUT2D eigenvalue weighted by Crippen LogP contribution is -2.15. The Morgan fingerprint density at radius 2 is 2.00 bits per heavy atom. The van der Waals surface area contributed by atoms with E-state index < -0.39 is 0 Å². The van der Waals surface area contributed by atoms with Gasteiger partial charge in [0.1, 0.15) is 10.0 Å². The molecule has 2 aromatic heterocycles. The third-order valence-corrected chi connectivity index (χ3v) is 7.31. The lowest BCUT2D eigenvalue weighted by molar-refractivity contribution is -0.115. The van der Waals surface area contributed by atoms with Crippen molar-refractivity contribution in [1.82, 2.24) is 10.2 Å². The molecule has 3 rings (SSSR count). The molecule has 0 atom stereocenters. The largest absolute Gasteiger partial charge is 0.465 e. The Morgan fingerprint density at radius 3 is 2.73 bits per heavy atom. The van der Waals surface area contributed by atoms with E-state index in [9.17, 15) is 9.59 Å². The molecule has 0 bridgehead atoms. The Bertz CT molecular complexity index is 801. The van der Waals surface area contributed by atoms with Crippen molar-refractivity contribution in [1.29, 1.82) is 0 Å². The van der Waals surface area contributed by atoms with Crippen molar-refractivity contribution in [2.45, 2.75) is 49.8 Å². The molecule has 0 aliphatic heterocycles. The number of thioether (sulfide) groups is 1. The van der Waals surface area contributed by atoms with Crippen LogP contribution in [0.25, 0.3) is 0 Å². The summed E-state index contributed by atoms with van der Waals surface area (Å²) in [6.45, 7) is 1.91. The van der Waals surface area contributed by atoms with Gasteiger partial charge in [0.15, 0.2) is 4.34 Å². The Labute approximate surface area is 164 Å². The van der Waals surface area contributed by atoms with Gasteiger partial charge >= 0.3 is 5.97 Å². The van der Waals surface area contributed by atoms with Crippen molar-refractivity contribution >= 4 is 51.3 Å². The summed E-state index contributed by atoms with van der Waals surface area (Å²) in [5.74, 6) is 0.165. The van der Waals surface area contributed by atoms with Crippen molar-refractivity contribution < 1.29 is 14.3 Å². The van der Waals surface area contributed by atoms with Crippen LogP contribution in [0.1, 0.15) is 51.5 Å². The lowest BCUT2D eigenvalue weighted by Gasteiger charge is -2.07. The van der Waals surface area contributed by atoms with Crippen LogP contribution < -0.4 is 5.32 Å². The first-order valence-electron chi connectivity index (χ1n) is 8.54. The van der Waals surface area contributed by atoms with E-state index in [2.05, 4.69) is 15.5 Å². The molecule has 0 radical (unpaired) electrons. The molecule has 1 N–H and O–H groups in total. The number of nitrogens with one attached hydrogen (secondary N) is 1. The highest BCUT2D eigenvalue weighted by Crippen LogP contribution is 2.38. The first-order valence-corrected chi connectivity index (χ1v) is 11.2. The number of carbonyl (C=O) groups is 2. The highest BCUT2D eigenvalue weighted by molar-refractivity contribution is 8.01. The number of amides is 1. The predicted molar refractivity (Wildman–Crippen MR) is 106 cm³/mol. The fourth-order valence-electron chi connectivity index (χ4n) is 2.91. The van der Waals surface area contributed by atoms with Crippen LogP contribution in [0.4, 0.5) is 5.00 Å². The molecular weight excluding hydrogens is 390 g/mol. The summed E-state index contributed by atoms with van der Waals surface area (Å²) < 4.78 is 5.83. The quantitative estimate of drug-likeness (QED) is 0.438. The molecule has 2 heterocycles. The number of hydrogen-bond acceptors (Lipinski definition) is 8. The van der Waals surface area contributed by atoms with Crippen molar-refractivity contribution in [2.24, 2.45) is 0 Å². The SMILES string of the molecule is COC(=O)c1c(NC(=O)CCSc2nnc(C)s2)sc2c1CCCCC2. The lowest BCUT2D eigenvalue weighted by atomic mass is 10.1. The molecule has 2 aromatic rings. The average Bonchev–Trinajstić information content (AvgIpc) is 3.09. The van der Waals surface area contributed by atoms with E-state index in [0.29, 0.717) is 22.7 Å². The first-order chi connectivity index (χ1) is 12.6. The maximum Gasteiger partial charge on any atom is 0.341 e. The fraction of sp³-hybridized carbons (Fsp3) is 0.529. The minimum absolute atomic E-state index is 0.0969. The summed E-state index contributed by atoms with van der Waals surface area (Å²) in [7, 11) is 1.38. The highest BCUT2D eigenvalue weighted by atomic mass is 32.2. The van der Waals surface area contributed by atoms with E-state index in [1.165, 1.54) is 52.8 Å². The molecule has 9 heteroatoms. The van der Waals surface area contributed by atoms with Gasteiger partial charge in [0, 0.05) is 17.1 Å². The van der Waals surface area contributed by atoms with E-state index in [-0.39, 0.29) is 11.9 Å². The molecule has 26 heavy (non-hydrogen) atoms. The Kier molecular flexibility index (Phi) is 6.66. The van der Waals surface area contributed by atoms with Crippen LogP contribution in [0.15, 0.2) is 4.34 Å². The van der Waals surface area contributed by atoms with Gasteiger partial charge in [-0.05, 0) is 38.2 Å². The van der Waals surface area contributed by atoms with Gasteiger partial charge in [0.2, 0.25) is 5.91 Å². The molecular formula is C17H21N3O3S3. The number of thiophene rings is 1. The number of ether oxygens (including phenoxy) is 1. The van der Waals surface area contributed by atoms with Gasteiger partial charge in [-0.1, -0.05) is 29.5 Å². The van der Waals surface area contributed by atoms with Crippen LogP contribution in [0, 0.1) is 6.92 Å². The molecule has 0 fully saturated rings. The standard InChI is InChI=1S/C17H21N3O3S3/c1-10-19-20-17(25-10)24-9-8-13(21)18-15-14(16(22)23-2)11-6-4-3-5-7-12(11)26-15/h3-9H2,1-2H3,(H,18,21). The summed E-state index contributed by atoms with van der Waals surface area (Å²) >= 11 is 4.56. The molecule has 0 aromatic carbocycles. The van der Waals surface area contributed by atoms with Gasteiger partial charge in [0.05, 0.1) is 12.7 Å². The topological polar surface area (TPSA) is 81.2 Å². The Balaban J connectivity index is 1.66. The van der Waals surface area contributed by atoms with Crippen molar-refractivity contribution in [3.05, 3.63) is 21.0 Å². The second-order valence-electron chi connectivity index (χ2n) is 5.99. The van der Waals surface area contributed by atoms with E-state index in [1.54, 1.807) is 0 Å². The zero-order valence-electron chi connectivity index (χ0n) is 14.8. The minimum Gasteiger partial charge on any atom is -0.465 e. The number of carbonyl (C=O) groups excluding carboxylic acids is 2. The van der Waals surface area contributed by atoms with Gasteiger partial charge in [0.25, 0.3) is 0 Å². The first kappa shape index (κ1) is 19.3. The second-order valence-corrected chi connectivity index (χ2v) is 9.62. The number of esters is 1. The number of aromatic nitrogens is 2. The summed E-state index contributed by atoms with van der Waals surface area (Å²) in [6, 6.07) is 0. The zero-order valence-corrected chi connectivity index (χ0v) is 17.2. The number of aryl methyl sites for hydroxylation is 2. The van der Waals surface area contributed by atoms with Crippen molar-refractivity contribution in [3.63, 3.8) is 0 Å². The third-order valence-electron chi connectivity index (χ3n) is 4.13. The van der Waals surface area contributed by atoms with Crippen molar-refractivity contribution in [2.75, 3.05) is 18.2 Å². The third kappa shape index (κ3) is 4.63. The van der Waals surface area contributed by atoms with E-state index in [1.807, 2.05) is 6.92 Å². The van der Waals surface area contributed by atoms with Gasteiger partial charge in [-0.15, -0.1) is 21.5 Å². The van der Waals surface area contributed by atoms with Gasteiger partial charge in [-0.2, -0.15) is 0 Å². The number of nitrogens with zero attached hydrogens (tertiary/aromatic N) is 2. The fourth-order valence-corrected chi connectivity index (χ4v) is 6.02. The molecule has 140 valence electrons. The molecule has 0 spiro atoms. The molecule has 6 nitrogen and oxygen atoms in total. The normalized spacial score (nSPS) is 13.8. The Hall–Kier alpha value is -1.45. The van der Waals surface area contributed by atoms with E-state index in [4.69, 9.17) is 4.74 Å². The molecule has 1 amide bonds. The minimum atomic E-state index is -0.363. The highest BCUT2D eigenvalue weighted by Gasteiger charge is 2.26. The van der Waals surface area contributed by atoms with Crippen LogP contribution >= 0.6 is 34.4 Å². The van der Waals surface area contributed by atoms with Crippen LogP contribution in [0.5, 0.6) is 0 Å². The number of fused-ring (bicyclic) bond motifs is 1. The van der Waals surface area contributed by atoms with Crippen LogP contribution in [-0.4, -0.2) is 34.9 Å². The van der Waals surface area contributed by atoms with E-state index >= 15 is 0 Å². The number of hydrogen-bond donors (Lipinski definition) is 1. The van der Waals surface area contributed by atoms with Gasteiger partial charge in [-0.25, -0.2) is 4.79 Å². The number of methoxy groups -OCH3 is 1. The number of anilines is 1. The van der Waals surface area contributed by atoms with Crippen LogP contribution in [-0.2, 0) is 22.4 Å². The summed E-state index contributed by atoms with van der Waals surface area (Å²) in [5, 5.41) is 12.5. The number of rotatable bonds is 6. The molecule has 1 aliphatic carbocycles. The van der Waals surface area contributed by atoms with Crippen molar-refractivity contribution in [3.8, 4) is 0 Å². The summed E-state index contributed by atoms with van der Waals surface area (Å²) in [6.07, 6.45) is 5.56. The Morgan fingerprint density at radius 1 is 1.19 bits per heavy atom. The molecule has 0 saturated carbocycles. The molecule has 1 aliphatic rings. The summed E-state index contributed by atoms with van der Waals surface area (Å²) in [5.41, 5.74) is 1.61. The summed E-state index contributed by atoms with van der Waals surface area (Å²) in [4.78, 5) is 25.8. The molecule has 0 saturated heterocycles. The maximum atomic E-state index is 12.3. The average molecular weight is 412 g/mol. The predicted octanol–water partition coefficient (Wildman–Crippen LogP) is 4.08. The second kappa shape index (κ2) is 8.96.